The number of rotatable bonds is 3. The number of nitrogens with zero attached hydrogens (tertiary/aromatic N) is 6. The number of aromatic nitrogens is 1. The quantitative estimate of drug-likeness (QED) is 0.179. The monoisotopic (exact) mass is 702 g/mol. The first-order valence-electron chi connectivity index (χ1n) is 17.4. The van der Waals surface area contributed by atoms with Crippen molar-refractivity contribution in [3.8, 4) is 63.7 Å². The van der Waals surface area contributed by atoms with E-state index in [1.165, 1.54) is 6.07 Å². The van der Waals surface area contributed by atoms with Gasteiger partial charge in [-0.15, -0.1) is 0 Å². The van der Waals surface area contributed by atoms with Gasteiger partial charge in [-0.1, -0.05) is 78.9 Å². The number of carbonyl (C=O) groups is 1. The Kier molecular flexibility index (Phi) is 6.72. The first-order valence-corrected chi connectivity index (χ1v) is 17.4. The Balaban J connectivity index is 1.23. The van der Waals surface area contributed by atoms with Crippen molar-refractivity contribution in [2.45, 2.75) is 0 Å². The molecule has 0 radical (unpaired) electrons. The fraction of sp³-hybridized carbons (Fsp3) is 0. The topological polar surface area (TPSA) is 130 Å². The Morgan fingerprint density at radius 3 is 1.85 bits per heavy atom. The second-order valence-electron chi connectivity index (χ2n) is 13.2. The van der Waals surface area contributed by atoms with Crippen LogP contribution in [0.25, 0.3) is 49.7 Å². The number of ketones is 1. The summed E-state index contributed by atoms with van der Waals surface area (Å²) >= 11 is 0. The SMILES string of the molecule is N#Cc1cc(C#N)c(C#N)c(-c2cccc3c2C(=O)c2c-3cccc2-n2c3ccccc3c3cc4c(cc32)Oc2ccccc2N4c2ccccc2)c1C#N. The minimum atomic E-state index is -0.297. The van der Waals surface area contributed by atoms with Crippen molar-refractivity contribution >= 4 is 44.7 Å². The molecule has 2 heterocycles. The minimum absolute atomic E-state index is 0.0430. The molecule has 1 aliphatic heterocycles. The highest BCUT2D eigenvalue weighted by Gasteiger charge is 2.35. The van der Waals surface area contributed by atoms with Crippen LogP contribution in [-0.2, 0) is 0 Å². The highest BCUT2D eigenvalue weighted by atomic mass is 16.5. The number of hydrogen-bond donors (Lipinski definition) is 0. The third-order valence-electron chi connectivity index (χ3n) is 10.5. The van der Waals surface area contributed by atoms with Gasteiger partial charge in [0.15, 0.2) is 17.3 Å². The fourth-order valence-electron chi connectivity index (χ4n) is 8.24. The van der Waals surface area contributed by atoms with E-state index in [0.29, 0.717) is 45.0 Å². The number of fused-ring (bicyclic) bond motifs is 8. The molecule has 0 bridgehead atoms. The lowest BCUT2D eigenvalue weighted by atomic mass is 9.85. The lowest BCUT2D eigenvalue weighted by Gasteiger charge is -2.33. The Labute approximate surface area is 314 Å². The fourth-order valence-corrected chi connectivity index (χ4v) is 8.24. The molecule has 2 aliphatic rings. The van der Waals surface area contributed by atoms with E-state index in [1.54, 1.807) is 12.1 Å². The second kappa shape index (κ2) is 11.8. The summed E-state index contributed by atoms with van der Waals surface area (Å²) in [5.74, 6) is 1.07. The number of carbonyl (C=O) groups excluding carboxylic acids is 1. The molecule has 8 nitrogen and oxygen atoms in total. The summed E-state index contributed by atoms with van der Waals surface area (Å²) in [6.45, 7) is 0. The van der Waals surface area contributed by atoms with Crippen molar-refractivity contribution in [3.05, 3.63) is 167 Å². The van der Waals surface area contributed by atoms with Crippen LogP contribution < -0.4 is 9.64 Å². The standard InChI is InChI=1S/C47H22N6O2/c48-23-27-20-28(24-49)36(26-51)44(35(27)25-50)33-15-8-13-31-32-14-9-18-39(46(32)47(54)45(31)33)53-37-16-5-4-12-30(37)34-21-41-43(22-40(34)53)55-42-19-7-6-17-38(42)52(41)29-10-2-1-3-11-29/h1-22H. The van der Waals surface area contributed by atoms with Gasteiger partial charge in [0.25, 0.3) is 0 Å². The van der Waals surface area contributed by atoms with Gasteiger partial charge in [-0.05, 0) is 65.2 Å². The Morgan fingerprint density at radius 2 is 1.11 bits per heavy atom. The molecule has 55 heavy (non-hydrogen) atoms. The van der Waals surface area contributed by atoms with Crippen LogP contribution in [0.4, 0.5) is 17.1 Å². The molecule has 252 valence electrons. The van der Waals surface area contributed by atoms with Gasteiger partial charge in [-0.2, -0.15) is 21.0 Å². The Morgan fingerprint density at radius 1 is 0.473 bits per heavy atom. The van der Waals surface area contributed by atoms with Gasteiger partial charge in [-0.25, -0.2) is 0 Å². The summed E-state index contributed by atoms with van der Waals surface area (Å²) in [6, 6.07) is 50.7. The van der Waals surface area contributed by atoms with Crippen molar-refractivity contribution in [1.82, 2.24) is 4.57 Å². The molecule has 10 rings (SSSR count). The van der Waals surface area contributed by atoms with E-state index in [9.17, 15) is 21.0 Å². The van der Waals surface area contributed by atoms with Crippen molar-refractivity contribution in [2.75, 3.05) is 4.90 Å². The van der Waals surface area contributed by atoms with E-state index >= 15 is 4.79 Å². The van der Waals surface area contributed by atoms with Crippen LogP contribution in [0.5, 0.6) is 11.5 Å². The van der Waals surface area contributed by atoms with E-state index in [2.05, 4.69) is 45.9 Å². The van der Waals surface area contributed by atoms with Gasteiger partial charge in [0.2, 0.25) is 0 Å². The van der Waals surface area contributed by atoms with E-state index in [1.807, 2.05) is 103 Å². The van der Waals surface area contributed by atoms with Gasteiger partial charge in [0.05, 0.1) is 55.9 Å². The molecule has 8 aromatic rings. The Bertz CT molecular complexity index is 3150. The third-order valence-corrected chi connectivity index (χ3v) is 10.5. The molecule has 0 N–H and O–H groups in total. The maximum Gasteiger partial charge on any atom is 0.197 e. The molecule has 0 atom stereocenters. The zero-order chi connectivity index (χ0) is 37.4. The second-order valence-corrected chi connectivity index (χ2v) is 13.2. The molecule has 8 heteroatoms. The first-order chi connectivity index (χ1) is 27.1. The maximum atomic E-state index is 15.0. The molecule has 0 saturated heterocycles. The van der Waals surface area contributed by atoms with Crippen molar-refractivity contribution in [1.29, 1.82) is 21.0 Å². The predicted molar refractivity (Wildman–Crippen MR) is 209 cm³/mol. The predicted octanol–water partition coefficient (Wildman–Crippen LogP) is 10.7. The molecule has 7 aromatic carbocycles. The van der Waals surface area contributed by atoms with E-state index in [0.717, 1.165) is 38.9 Å². The highest BCUT2D eigenvalue weighted by molar-refractivity contribution is 6.27. The van der Waals surface area contributed by atoms with E-state index in [4.69, 9.17) is 4.74 Å². The molecule has 0 spiro atoms. The number of ether oxygens (including phenoxy) is 1. The number of nitriles is 4. The summed E-state index contributed by atoms with van der Waals surface area (Å²) in [5, 5.41) is 42.3. The maximum absolute atomic E-state index is 15.0. The number of hydrogen-bond acceptors (Lipinski definition) is 7. The smallest absolute Gasteiger partial charge is 0.197 e. The van der Waals surface area contributed by atoms with E-state index < -0.39 is 0 Å². The summed E-state index contributed by atoms with van der Waals surface area (Å²) in [4.78, 5) is 17.2. The molecule has 1 aromatic heterocycles. The highest BCUT2D eigenvalue weighted by Crippen LogP contribution is 2.53. The van der Waals surface area contributed by atoms with Gasteiger partial charge in [0.1, 0.15) is 24.3 Å². The first kappa shape index (κ1) is 31.3. The van der Waals surface area contributed by atoms with Crippen LogP contribution >= 0.6 is 0 Å². The zero-order valence-corrected chi connectivity index (χ0v) is 28.7. The third kappa shape index (κ3) is 4.32. The number of anilines is 3. The molecule has 0 unspecified atom stereocenters. The van der Waals surface area contributed by atoms with Crippen molar-refractivity contribution < 1.29 is 9.53 Å². The number of para-hydroxylation sites is 4. The van der Waals surface area contributed by atoms with Gasteiger partial charge < -0.3 is 14.2 Å². The van der Waals surface area contributed by atoms with Crippen LogP contribution in [0, 0.1) is 45.3 Å². The normalized spacial score (nSPS) is 12.1. The van der Waals surface area contributed by atoms with Crippen LogP contribution in [0.1, 0.15) is 38.2 Å². The van der Waals surface area contributed by atoms with Gasteiger partial charge >= 0.3 is 0 Å². The van der Waals surface area contributed by atoms with Crippen molar-refractivity contribution in [3.63, 3.8) is 0 Å². The molecule has 0 amide bonds. The lowest BCUT2D eigenvalue weighted by Crippen LogP contribution is -2.15. The summed E-state index contributed by atoms with van der Waals surface area (Å²) in [5.41, 5.74) is 7.45. The van der Waals surface area contributed by atoms with Crippen molar-refractivity contribution in [2.24, 2.45) is 0 Å². The summed E-state index contributed by atoms with van der Waals surface area (Å²) in [6.07, 6.45) is 0. The van der Waals surface area contributed by atoms with Crippen LogP contribution in [0.2, 0.25) is 0 Å². The van der Waals surface area contributed by atoms with Crippen LogP contribution in [0.15, 0.2) is 133 Å². The molecular weight excluding hydrogens is 681 g/mol. The Hall–Kier alpha value is -8.43. The molecule has 0 saturated carbocycles. The van der Waals surface area contributed by atoms with Gasteiger partial charge in [0, 0.05) is 33.7 Å². The van der Waals surface area contributed by atoms with Crippen LogP contribution in [-0.4, -0.2) is 10.4 Å². The summed E-state index contributed by atoms with van der Waals surface area (Å²) < 4.78 is 8.71. The van der Waals surface area contributed by atoms with Gasteiger partial charge in [-0.3, -0.25) is 4.79 Å². The average molecular weight is 703 g/mol. The minimum Gasteiger partial charge on any atom is -0.453 e. The molecule has 1 aliphatic carbocycles. The lowest BCUT2D eigenvalue weighted by molar-refractivity contribution is 0.104. The largest absolute Gasteiger partial charge is 0.453 e. The summed E-state index contributed by atoms with van der Waals surface area (Å²) in [7, 11) is 0. The molecular formula is C47H22N6O2. The average Bonchev–Trinajstić information content (AvgIpc) is 3.72. The van der Waals surface area contributed by atoms with E-state index in [-0.39, 0.29) is 33.6 Å². The number of benzene rings is 7. The molecule has 0 fully saturated rings. The zero-order valence-electron chi connectivity index (χ0n) is 28.7. The van der Waals surface area contributed by atoms with Crippen LogP contribution in [0.3, 0.4) is 0 Å².